The normalized spacial score (nSPS) is 22.3. The van der Waals surface area contributed by atoms with Gasteiger partial charge in [0.2, 0.25) is 0 Å². The third-order valence-electron chi connectivity index (χ3n) is 4.70. The van der Waals surface area contributed by atoms with Crippen molar-refractivity contribution in [3.05, 3.63) is 35.4 Å². The molecule has 134 valence electrons. The summed E-state index contributed by atoms with van der Waals surface area (Å²) in [6.45, 7) is 2.77. The van der Waals surface area contributed by atoms with E-state index in [0.717, 1.165) is 6.42 Å². The summed E-state index contributed by atoms with van der Waals surface area (Å²) in [5.74, 6) is -0.502. The molecule has 1 saturated carbocycles. The van der Waals surface area contributed by atoms with Crippen LogP contribution >= 0.6 is 0 Å². The first-order valence-corrected chi connectivity index (χ1v) is 8.54. The lowest BCUT2D eigenvalue weighted by Crippen LogP contribution is -2.45. The van der Waals surface area contributed by atoms with Gasteiger partial charge in [-0.05, 0) is 43.2 Å². The third-order valence-corrected chi connectivity index (χ3v) is 4.70. The second kappa shape index (κ2) is 8.40. The van der Waals surface area contributed by atoms with Crippen LogP contribution in [0.15, 0.2) is 29.3 Å². The van der Waals surface area contributed by atoms with E-state index in [-0.39, 0.29) is 18.9 Å². The van der Waals surface area contributed by atoms with Crippen molar-refractivity contribution >= 4 is 5.96 Å². The molecule has 0 aliphatic heterocycles. The lowest BCUT2D eigenvalue weighted by atomic mass is 9.85. The maximum atomic E-state index is 12.7. The second-order valence-corrected chi connectivity index (χ2v) is 6.28. The molecule has 0 heterocycles. The van der Waals surface area contributed by atoms with E-state index in [1.54, 1.807) is 7.05 Å². The summed E-state index contributed by atoms with van der Waals surface area (Å²) < 4.78 is 38.2. The topological polar surface area (TPSA) is 36.4 Å². The van der Waals surface area contributed by atoms with Crippen LogP contribution in [0.5, 0.6) is 0 Å². The van der Waals surface area contributed by atoms with Gasteiger partial charge in [0, 0.05) is 19.6 Å². The number of aliphatic imine (C=N–C) groups is 1. The van der Waals surface area contributed by atoms with Gasteiger partial charge < -0.3 is 10.6 Å². The van der Waals surface area contributed by atoms with Gasteiger partial charge in [0.15, 0.2) is 5.96 Å². The van der Waals surface area contributed by atoms with Gasteiger partial charge in [-0.2, -0.15) is 13.2 Å². The van der Waals surface area contributed by atoms with Gasteiger partial charge in [0.05, 0.1) is 5.92 Å². The molecule has 2 N–H and O–H groups in total. The van der Waals surface area contributed by atoms with Crippen molar-refractivity contribution in [1.82, 2.24) is 10.6 Å². The zero-order valence-corrected chi connectivity index (χ0v) is 14.3. The number of guanidine groups is 1. The SMILES string of the molecule is CCc1ccccc1CNC(=NC)NC1CCC(C(F)(F)F)CC1. The monoisotopic (exact) mass is 341 g/mol. The molecule has 0 aromatic heterocycles. The fraction of sp³-hybridized carbons (Fsp3) is 0.611. The molecule has 0 amide bonds. The van der Waals surface area contributed by atoms with Crippen molar-refractivity contribution in [3.8, 4) is 0 Å². The van der Waals surface area contributed by atoms with Crippen molar-refractivity contribution in [2.45, 2.75) is 57.8 Å². The number of alkyl halides is 3. The minimum Gasteiger partial charge on any atom is -0.354 e. The van der Waals surface area contributed by atoms with Gasteiger partial charge in [-0.1, -0.05) is 31.2 Å². The van der Waals surface area contributed by atoms with E-state index < -0.39 is 12.1 Å². The highest BCUT2D eigenvalue weighted by molar-refractivity contribution is 5.80. The number of nitrogens with one attached hydrogen (secondary N) is 2. The van der Waals surface area contributed by atoms with Gasteiger partial charge in [-0.15, -0.1) is 0 Å². The van der Waals surface area contributed by atoms with Crippen LogP contribution in [-0.2, 0) is 13.0 Å². The Kier molecular flexibility index (Phi) is 6.52. The Bertz CT molecular complexity index is 547. The Labute approximate surface area is 141 Å². The first kappa shape index (κ1) is 18.6. The molecule has 0 spiro atoms. The quantitative estimate of drug-likeness (QED) is 0.641. The summed E-state index contributed by atoms with van der Waals surface area (Å²) in [6.07, 6.45) is -1.67. The number of hydrogen-bond acceptors (Lipinski definition) is 1. The smallest absolute Gasteiger partial charge is 0.354 e. The summed E-state index contributed by atoms with van der Waals surface area (Å²) in [5.41, 5.74) is 2.50. The van der Waals surface area contributed by atoms with Crippen LogP contribution in [0.3, 0.4) is 0 Å². The molecule has 0 radical (unpaired) electrons. The summed E-state index contributed by atoms with van der Waals surface area (Å²) >= 11 is 0. The average Bonchev–Trinajstić information content (AvgIpc) is 2.58. The fourth-order valence-electron chi connectivity index (χ4n) is 3.21. The standard InChI is InChI=1S/C18H26F3N3/c1-3-13-6-4-5-7-14(13)12-23-17(22-2)24-16-10-8-15(9-11-16)18(19,20)21/h4-7,15-16H,3,8-12H2,1-2H3,(H2,22,23,24). The number of aryl methyl sites for hydroxylation is 1. The van der Waals surface area contributed by atoms with Crippen LogP contribution in [0.4, 0.5) is 13.2 Å². The van der Waals surface area contributed by atoms with Crippen LogP contribution in [0, 0.1) is 5.92 Å². The molecule has 6 heteroatoms. The summed E-state index contributed by atoms with van der Waals surface area (Å²) in [4.78, 5) is 4.19. The van der Waals surface area contributed by atoms with Gasteiger partial charge in [-0.25, -0.2) is 0 Å². The van der Waals surface area contributed by atoms with E-state index in [4.69, 9.17) is 0 Å². The number of hydrogen-bond donors (Lipinski definition) is 2. The molecule has 1 aromatic rings. The number of nitrogens with zero attached hydrogens (tertiary/aromatic N) is 1. The Hall–Kier alpha value is -1.72. The van der Waals surface area contributed by atoms with Crippen LogP contribution in [0.25, 0.3) is 0 Å². The highest BCUT2D eigenvalue weighted by Crippen LogP contribution is 2.37. The van der Waals surface area contributed by atoms with Crippen molar-refractivity contribution in [2.24, 2.45) is 10.9 Å². The molecule has 0 unspecified atom stereocenters. The molecule has 1 aromatic carbocycles. The van der Waals surface area contributed by atoms with Crippen LogP contribution in [0.2, 0.25) is 0 Å². The lowest BCUT2D eigenvalue weighted by molar-refractivity contribution is -0.182. The molecule has 0 saturated heterocycles. The van der Waals surface area contributed by atoms with Gasteiger partial charge in [0.25, 0.3) is 0 Å². The average molecular weight is 341 g/mol. The van der Waals surface area contributed by atoms with Crippen LogP contribution in [-0.4, -0.2) is 25.2 Å². The maximum absolute atomic E-state index is 12.7. The highest BCUT2D eigenvalue weighted by atomic mass is 19.4. The van der Waals surface area contributed by atoms with E-state index in [1.807, 2.05) is 12.1 Å². The molecule has 1 fully saturated rings. The number of rotatable bonds is 4. The van der Waals surface area contributed by atoms with Crippen molar-refractivity contribution in [1.29, 1.82) is 0 Å². The molecule has 1 aliphatic carbocycles. The van der Waals surface area contributed by atoms with E-state index >= 15 is 0 Å². The van der Waals surface area contributed by atoms with E-state index in [0.29, 0.717) is 25.3 Å². The van der Waals surface area contributed by atoms with Gasteiger partial charge in [0.1, 0.15) is 0 Å². The Balaban J connectivity index is 1.83. The van der Waals surface area contributed by atoms with E-state index in [1.165, 1.54) is 11.1 Å². The predicted molar refractivity (Wildman–Crippen MR) is 91.0 cm³/mol. The largest absolute Gasteiger partial charge is 0.391 e. The molecular formula is C18H26F3N3. The Morgan fingerprint density at radius 2 is 1.75 bits per heavy atom. The van der Waals surface area contributed by atoms with E-state index in [9.17, 15) is 13.2 Å². The fourth-order valence-corrected chi connectivity index (χ4v) is 3.21. The summed E-state index contributed by atoms with van der Waals surface area (Å²) in [7, 11) is 1.68. The van der Waals surface area contributed by atoms with Gasteiger partial charge >= 0.3 is 6.18 Å². The van der Waals surface area contributed by atoms with E-state index in [2.05, 4.69) is 34.7 Å². The maximum Gasteiger partial charge on any atom is 0.391 e. The predicted octanol–water partition coefficient (Wildman–Crippen LogP) is 4.04. The minimum atomic E-state index is -4.06. The first-order chi connectivity index (χ1) is 11.4. The number of halogens is 3. The van der Waals surface area contributed by atoms with Crippen molar-refractivity contribution in [3.63, 3.8) is 0 Å². The third kappa shape index (κ3) is 5.14. The molecule has 1 aliphatic rings. The van der Waals surface area contributed by atoms with Crippen molar-refractivity contribution in [2.75, 3.05) is 7.05 Å². The Morgan fingerprint density at radius 3 is 2.29 bits per heavy atom. The summed E-state index contributed by atoms with van der Waals surface area (Å²) in [6, 6.07) is 8.26. The molecule has 0 atom stereocenters. The molecular weight excluding hydrogens is 315 g/mol. The molecule has 0 bridgehead atoms. The van der Waals surface area contributed by atoms with Crippen LogP contribution < -0.4 is 10.6 Å². The second-order valence-electron chi connectivity index (χ2n) is 6.28. The Morgan fingerprint density at radius 1 is 1.12 bits per heavy atom. The zero-order chi connectivity index (χ0) is 17.6. The molecule has 3 nitrogen and oxygen atoms in total. The zero-order valence-electron chi connectivity index (χ0n) is 14.3. The van der Waals surface area contributed by atoms with Gasteiger partial charge in [-0.3, -0.25) is 4.99 Å². The molecule has 24 heavy (non-hydrogen) atoms. The number of benzene rings is 1. The summed E-state index contributed by atoms with van der Waals surface area (Å²) in [5, 5.41) is 6.52. The van der Waals surface area contributed by atoms with Crippen LogP contribution in [0.1, 0.15) is 43.7 Å². The molecule has 2 rings (SSSR count). The highest BCUT2D eigenvalue weighted by Gasteiger charge is 2.41. The lowest BCUT2D eigenvalue weighted by Gasteiger charge is -2.31. The first-order valence-electron chi connectivity index (χ1n) is 8.54. The van der Waals surface area contributed by atoms with Crippen molar-refractivity contribution < 1.29 is 13.2 Å². The minimum absolute atomic E-state index is 0.0521.